The van der Waals surface area contributed by atoms with E-state index in [1.165, 1.54) is 25.0 Å². The number of hydrogen-bond donors (Lipinski definition) is 1. The van der Waals surface area contributed by atoms with Crippen LogP contribution in [0.15, 0.2) is 24.3 Å². The molecule has 1 aromatic carbocycles. The van der Waals surface area contributed by atoms with Gasteiger partial charge in [0.25, 0.3) is 0 Å². The summed E-state index contributed by atoms with van der Waals surface area (Å²) in [5.74, 6) is 0.625. The lowest BCUT2D eigenvalue weighted by molar-refractivity contribution is -0.137. The number of benzene rings is 1. The highest BCUT2D eigenvalue weighted by Crippen LogP contribution is 2.32. The highest BCUT2D eigenvalue weighted by Gasteiger charge is 2.32. The molecule has 2 nitrogen and oxygen atoms in total. The van der Waals surface area contributed by atoms with E-state index in [0.29, 0.717) is 12.0 Å². The fourth-order valence-electron chi connectivity index (χ4n) is 3.34. The van der Waals surface area contributed by atoms with Crippen LogP contribution in [0.5, 0.6) is 0 Å². The highest BCUT2D eigenvalue weighted by atomic mass is 19.4. The minimum Gasteiger partial charge on any atom is -0.371 e. The maximum atomic E-state index is 12.6. The molecule has 2 heterocycles. The molecule has 2 saturated heterocycles. The number of piperidine rings is 2. The van der Waals surface area contributed by atoms with Crippen molar-refractivity contribution in [2.24, 2.45) is 5.92 Å². The molecule has 0 saturated carbocycles. The third-order valence-corrected chi connectivity index (χ3v) is 4.45. The lowest BCUT2D eigenvalue weighted by Gasteiger charge is -2.42. The summed E-state index contributed by atoms with van der Waals surface area (Å²) < 4.78 is 37.7. The molecule has 5 heteroatoms. The summed E-state index contributed by atoms with van der Waals surface area (Å²) in [6.07, 6.45) is -0.763. The van der Waals surface area contributed by atoms with E-state index in [0.717, 1.165) is 31.7 Å². The van der Waals surface area contributed by atoms with Crippen LogP contribution in [0, 0.1) is 5.92 Å². The Morgan fingerprint density at radius 3 is 2.55 bits per heavy atom. The summed E-state index contributed by atoms with van der Waals surface area (Å²) in [6.45, 7) is 2.96. The zero-order valence-corrected chi connectivity index (χ0v) is 11.3. The summed E-state index contributed by atoms with van der Waals surface area (Å²) in [7, 11) is 0. The second-order valence-electron chi connectivity index (χ2n) is 5.74. The Morgan fingerprint density at radius 1 is 1.10 bits per heavy atom. The van der Waals surface area contributed by atoms with Crippen LogP contribution >= 0.6 is 0 Å². The Morgan fingerprint density at radius 2 is 1.85 bits per heavy atom. The fourth-order valence-corrected chi connectivity index (χ4v) is 3.34. The van der Waals surface area contributed by atoms with Crippen LogP contribution in [0.25, 0.3) is 0 Å². The Balaban J connectivity index is 1.70. The smallest absolute Gasteiger partial charge is 0.371 e. The third-order valence-electron chi connectivity index (χ3n) is 4.45. The standard InChI is InChI=1S/C15H19F3N2/c16-15(17,18)12-3-5-13(6-4-12)20-9-7-14-11(10-20)2-1-8-19-14/h3-6,11,14,19H,1-2,7-10H2. The van der Waals surface area contributed by atoms with Gasteiger partial charge in [-0.25, -0.2) is 0 Å². The first-order valence-electron chi connectivity index (χ1n) is 7.19. The number of hydrogen-bond acceptors (Lipinski definition) is 2. The Hall–Kier alpha value is -1.23. The molecule has 1 N–H and O–H groups in total. The highest BCUT2D eigenvalue weighted by molar-refractivity contribution is 5.48. The van der Waals surface area contributed by atoms with E-state index in [9.17, 15) is 13.2 Å². The van der Waals surface area contributed by atoms with Crippen molar-refractivity contribution in [2.75, 3.05) is 24.5 Å². The van der Waals surface area contributed by atoms with Gasteiger partial charge in [0, 0.05) is 24.8 Å². The van der Waals surface area contributed by atoms with E-state index in [1.807, 2.05) is 0 Å². The van der Waals surface area contributed by atoms with Crippen LogP contribution in [0.2, 0.25) is 0 Å². The minimum atomic E-state index is -4.25. The number of anilines is 1. The van der Waals surface area contributed by atoms with Crippen molar-refractivity contribution >= 4 is 5.69 Å². The quantitative estimate of drug-likeness (QED) is 0.851. The van der Waals surface area contributed by atoms with Gasteiger partial charge in [-0.2, -0.15) is 13.2 Å². The number of halogens is 3. The number of fused-ring (bicyclic) bond motifs is 1. The molecule has 0 aromatic heterocycles. The summed E-state index contributed by atoms with van der Waals surface area (Å²) in [5.41, 5.74) is 0.331. The second kappa shape index (κ2) is 5.28. The van der Waals surface area contributed by atoms with E-state index in [2.05, 4.69) is 10.2 Å². The predicted molar refractivity (Wildman–Crippen MR) is 72.8 cm³/mol. The minimum absolute atomic E-state index is 0.574. The monoisotopic (exact) mass is 284 g/mol. The van der Waals surface area contributed by atoms with Crippen molar-refractivity contribution in [2.45, 2.75) is 31.5 Å². The van der Waals surface area contributed by atoms with Crippen molar-refractivity contribution in [3.63, 3.8) is 0 Å². The molecule has 0 amide bonds. The Kier molecular flexibility index (Phi) is 3.63. The first kappa shape index (κ1) is 13.7. The van der Waals surface area contributed by atoms with E-state index < -0.39 is 11.7 Å². The normalized spacial score (nSPS) is 27.2. The molecule has 0 bridgehead atoms. The van der Waals surface area contributed by atoms with Crippen LogP contribution in [-0.2, 0) is 6.18 Å². The van der Waals surface area contributed by atoms with Crippen molar-refractivity contribution in [3.8, 4) is 0 Å². The van der Waals surface area contributed by atoms with Gasteiger partial charge < -0.3 is 10.2 Å². The molecule has 20 heavy (non-hydrogen) atoms. The summed E-state index contributed by atoms with van der Waals surface area (Å²) in [4.78, 5) is 2.22. The second-order valence-corrected chi connectivity index (χ2v) is 5.74. The van der Waals surface area contributed by atoms with Crippen LogP contribution in [0.3, 0.4) is 0 Å². The topological polar surface area (TPSA) is 15.3 Å². The van der Waals surface area contributed by atoms with Crippen LogP contribution < -0.4 is 10.2 Å². The van der Waals surface area contributed by atoms with Gasteiger partial charge in [-0.1, -0.05) is 0 Å². The van der Waals surface area contributed by atoms with Crippen molar-refractivity contribution < 1.29 is 13.2 Å². The summed E-state index contributed by atoms with van der Waals surface area (Å²) >= 11 is 0. The van der Waals surface area contributed by atoms with Gasteiger partial charge in [-0.3, -0.25) is 0 Å². The molecule has 2 atom stereocenters. The molecule has 2 fully saturated rings. The zero-order chi connectivity index (χ0) is 14.2. The maximum absolute atomic E-state index is 12.6. The number of nitrogens with one attached hydrogen (secondary N) is 1. The average Bonchev–Trinajstić information content (AvgIpc) is 2.46. The maximum Gasteiger partial charge on any atom is 0.416 e. The van der Waals surface area contributed by atoms with Gasteiger partial charge in [0.05, 0.1) is 5.56 Å². The molecule has 2 aliphatic rings. The van der Waals surface area contributed by atoms with Crippen LogP contribution in [-0.4, -0.2) is 25.7 Å². The van der Waals surface area contributed by atoms with Crippen LogP contribution in [0.1, 0.15) is 24.8 Å². The molecular formula is C15H19F3N2. The van der Waals surface area contributed by atoms with Gasteiger partial charge in [0.1, 0.15) is 0 Å². The van der Waals surface area contributed by atoms with Crippen molar-refractivity contribution in [3.05, 3.63) is 29.8 Å². The number of nitrogens with zero attached hydrogens (tertiary/aromatic N) is 1. The Labute approximate surface area is 117 Å². The fraction of sp³-hybridized carbons (Fsp3) is 0.600. The number of alkyl halides is 3. The molecule has 0 spiro atoms. The molecule has 3 rings (SSSR count). The lowest BCUT2D eigenvalue weighted by atomic mass is 9.85. The average molecular weight is 284 g/mol. The number of rotatable bonds is 1. The zero-order valence-electron chi connectivity index (χ0n) is 11.3. The molecule has 2 unspecified atom stereocenters. The predicted octanol–water partition coefficient (Wildman–Crippen LogP) is 3.28. The van der Waals surface area contributed by atoms with Crippen LogP contribution in [0.4, 0.5) is 18.9 Å². The van der Waals surface area contributed by atoms with E-state index in [1.54, 1.807) is 12.1 Å². The van der Waals surface area contributed by atoms with Crippen molar-refractivity contribution in [1.82, 2.24) is 5.32 Å². The van der Waals surface area contributed by atoms with Gasteiger partial charge in [-0.05, 0) is 56.0 Å². The largest absolute Gasteiger partial charge is 0.416 e. The van der Waals surface area contributed by atoms with Gasteiger partial charge in [0.2, 0.25) is 0 Å². The molecule has 0 radical (unpaired) electrons. The molecule has 0 aliphatic carbocycles. The first-order chi connectivity index (χ1) is 9.54. The molecule has 2 aliphatic heterocycles. The lowest BCUT2D eigenvalue weighted by Crippen LogP contribution is -2.52. The molecule has 110 valence electrons. The SMILES string of the molecule is FC(F)(F)c1ccc(N2CCC3NCCCC3C2)cc1. The van der Waals surface area contributed by atoms with E-state index >= 15 is 0 Å². The van der Waals surface area contributed by atoms with Gasteiger partial charge in [0.15, 0.2) is 0 Å². The third kappa shape index (κ3) is 2.77. The molecular weight excluding hydrogens is 265 g/mol. The first-order valence-corrected chi connectivity index (χ1v) is 7.19. The Bertz CT molecular complexity index is 455. The summed E-state index contributed by atoms with van der Waals surface area (Å²) in [5, 5.41) is 3.55. The summed E-state index contributed by atoms with van der Waals surface area (Å²) in [6, 6.07) is 6.15. The van der Waals surface area contributed by atoms with Gasteiger partial charge >= 0.3 is 6.18 Å². The van der Waals surface area contributed by atoms with Crippen molar-refractivity contribution in [1.29, 1.82) is 0 Å². The van der Waals surface area contributed by atoms with E-state index in [4.69, 9.17) is 0 Å². The molecule has 1 aromatic rings. The van der Waals surface area contributed by atoms with Gasteiger partial charge in [-0.15, -0.1) is 0 Å². The van der Waals surface area contributed by atoms with E-state index in [-0.39, 0.29) is 0 Å².